The molecular formula is C28H26F2N4O4. The summed E-state index contributed by atoms with van der Waals surface area (Å²) in [7, 11) is 0. The van der Waals surface area contributed by atoms with Crippen LogP contribution in [0.5, 0.6) is 5.75 Å². The Bertz CT molecular complexity index is 1490. The molecule has 3 aromatic rings. The summed E-state index contributed by atoms with van der Waals surface area (Å²) >= 11 is 0. The lowest BCUT2D eigenvalue weighted by Gasteiger charge is -2.42. The lowest BCUT2D eigenvalue weighted by atomic mass is 10.1. The van der Waals surface area contributed by atoms with Crippen LogP contribution in [0.3, 0.4) is 0 Å². The van der Waals surface area contributed by atoms with Crippen LogP contribution in [0.4, 0.5) is 8.78 Å². The first-order chi connectivity index (χ1) is 18.2. The normalized spacial score (nSPS) is 18.2. The van der Waals surface area contributed by atoms with Gasteiger partial charge in [-0.2, -0.15) is 0 Å². The average Bonchev–Trinajstić information content (AvgIpc) is 3.03. The summed E-state index contributed by atoms with van der Waals surface area (Å²) in [6, 6.07) is 11.8. The van der Waals surface area contributed by atoms with E-state index < -0.39 is 28.9 Å². The number of halogens is 2. The minimum atomic E-state index is -0.815. The fraction of sp³-hybridized carbons (Fsp3) is 0.250. The first-order valence-corrected chi connectivity index (χ1v) is 12.2. The number of hydrogen-bond acceptors (Lipinski definition) is 5. The summed E-state index contributed by atoms with van der Waals surface area (Å²) in [6.45, 7) is 3.81. The second kappa shape index (κ2) is 10.1. The number of amides is 2. The van der Waals surface area contributed by atoms with E-state index in [2.05, 4.69) is 5.32 Å². The number of aromatic nitrogens is 1. The fourth-order valence-electron chi connectivity index (χ4n) is 4.53. The number of benzene rings is 2. The van der Waals surface area contributed by atoms with Gasteiger partial charge in [0.05, 0.1) is 6.04 Å². The Hall–Kier alpha value is -4.47. The van der Waals surface area contributed by atoms with Gasteiger partial charge in [-0.1, -0.05) is 48.6 Å². The van der Waals surface area contributed by atoms with E-state index in [1.165, 1.54) is 16.9 Å². The van der Waals surface area contributed by atoms with Crippen LogP contribution in [0.15, 0.2) is 71.7 Å². The number of hydrogen-bond donors (Lipinski definition) is 1. The number of ether oxygens (including phenoxy) is 1. The van der Waals surface area contributed by atoms with Crippen molar-refractivity contribution >= 4 is 11.8 Å². The van der Waals surface area contributed by atoms with Crippen LogP contribution in [0.1, 0.15) is 45.8 Å². The van der Waals surface area contributed by atoms with Gasteiger partial charge < -0.3 is 15.0 Å². The van der Waals surface area contributed by atoms with Gasteiger partial charge in [0.25, 0.3) is 11.8 Å². The lowest BCUT2D eigenvalue weighted by molar-refractivity contribution is 0.0649. The quantitative estimate of drug-likeness (QED) is 0.505. The van der Waals surface area contributed by atoms with E-state index in [1.54, 1.807) is 4.90 Å². The molecule has 8 nitrogen and oxygen atoms in total. The highest BCUT2D eigenvalue weighted by Gasteiger charge is 2.39. The van der Waals surface area contributed by atoms with Crippen molar-refractivity contribution in [3.63, 3.8) is 0 Å². The van der Waals surface area contributed by atoms with Gasteiger partial charge in [0.1, 0.15) is 30.5 Å². The molecule has 0 fully saturated rings. The summed E-state index contributed by atoms with van der Waals surface area (Å²) in [6.07, 6.45) is 5.19. The molecule has 2 atom stereocenters. The third-order valence-electron chi connectivity index (χ3n) is 6.74. The summed E-state index contributed by atoms with van der Waals surface area (Å²) in [5, 5.41) is 4.37. The van der Waals surface area contributed by atoms with Crippen LogP contribution in [0.2, 0.25) is 0 Å². The van der Waals surface area contributed by atoms with E-state index in [0.29, 0.717) is 0 Å². The molecule has 1 N–H and O–H groups in total. The molecule has 0 unspecified atom stereocenters. The molecule has 0 saturated heterocycles. The average molecular weight is 521 g/mol. The Balaban J connectivity index is 1.56. The molecule has 2 aliphatic heterocycles. The Morgan fingerprint density at radius 3 is 2.53 bits per heavy atom. The van der Waals surface area contributed by atoms with Crippen LogP contribution in [-0.2, 0) is 13.2 Å². The molecule has 3 heterocycles. The second-order valence-electron chi connectivity index (χ2n) is 9.31. The van der Waals surface area contributed by atoms with Gasteiger partial charge in [-0.25, -0.2) is 8.78 Å². The van der Waals surface area contributed by atoms with Gasteiger partial charge in [0.2, 0.25) is 5.43 Å². The van der Waals surface area contributed by atoms with Crippen molar-refractivity contribution < 1.29 is 23.1 Å². The molecule has 0 saturated carbocycles. The summed E-state index contributed by atoms with van der Waals surface area (Å²) in [4.78, 5) is 42.0. The Morgan fingerprint density at radius 2 is 1.79 bits per heavy atom. The van der Waals surface area contributed by atoms with Gasteiger partial charge >= 0.3 is 0 Å². The molecule has 1 aromatic heterocycles. The Labute approximate surface area is 217 Å². The van der Waals surface area contributed by atoms with Gasteiger partial charge in [-0.05, 0) is 25.5 Å². The van der Waals surface area contributed by atoms with Crippen molar-refractivity contribution in [2.75, 3.05) is 11.7 Å². The lowest BCUT2D eigenvalue weighted by Crippen LogP contribution is -2.57. The zero-order valence-corrected chi connectivity index (χ0v) is 20.9. The summed E-state index contributed by atoms with van der Waals surface area (Å²) in [5.41, 5.74) is -0.164. The predicted octanol–water partition coefficient (Wildman–Crippen LogP) is 3.33. The van der Waals surface area contributed by atoms with Gasteiger partial charge in [-0.3, -0.25) is 24.1 Å². The van der Waals surface area contributed by atoms with Crippen LogP contribution in [0.25, 0.3) is 0 Å². The molecule has 0 spiro atoms. The van der Waals surface area contributed by atoms with E-state index in [9.17, 15) is 23.2 Å². The minimum Gasteiger partial charge on any atom is -0.482 e. The predicted molar refractivity (Wildman–Crippen MR) is 136 cm³/mol. The number of pyridine rings is 1. The van der Waals surface area contributed by atoms with E-state index in [0.717, 1.165) is 17.7 Å². The van der Waals surface area contributed by atoms with Gasteiger partial charge in [-0.15, -0.1) is 0 Å². The largest absolute Gasteiger partial charge is 0.482 e. The molecule has 0 radical (unpaired) electrons. The maximum atomic E-state index is 14.1. The van der Waals surface area contributed by atoms with Crippen molar-refractivity contribution in [3.8, 4) is 5.75 Å². The van der Waals surface area contributed by atoms with Crippen LogP contribution >= 0.6 is 0 Å². The SMILES string of the molecule is C[C@@H]1C=C[C@H](C)N2CN1C(=O)c1c(OCc3ccccc3)c(=O)c(C(=O)NCc3ccc(F)cc3F)cn12. The highest BCUT2D eigenvalue weighted by atomic mass is 19.1. The number of fused-ring (bicyclic) bond motifs is 4. The topological polar surface area (TPSA) is 83.9 Å². The molecule has 2 aliphatic rings. The summed E-state index contributed by atoms with van der Waals surface area (Å²) < 4.78 is 34.8. The number of rotatable bonds is 6. The van der Waals surface area contributed by atoms with Crippen LogP contribution in [-0.4, -0.2) is 40.1 Å². The van der Waals surface area contributed by atoms with Crippen molar-refractivity contribution in [1.29, 1.82) is 0 Å². The Kier molecular flexibility index (Phi) is 6.71. The zero-order valence-electron chi connectivity index (χ0n) is 20.9. The number of carbonyl (C=O) groups is 2. The smallest absolute Gasteiger partial charge is 0.278 e. The van der Waals surface area contributed by atoms with Crippen molar-refractivity contribution in [2.24, 2.45) is 0 Å². The van der Waals surface area contributed by atoms with E-state index in [4.69, 9.17) is 4.74 Å². The van der Waals surface area contributed by atoms with Crippen molar-refractivity contribution in [3.05, 3.63) is 111 Å². The minimum absolute atomic E-state index is 0.00554. The molecule has 38 heavy (non-hydrogen) atoms. The van der Waals surface area contributed by atoms with Gasteiger partial charge in [0, 0.05) is 30.4 Å². The number of nitrogens with one attached hydrogen (secondary N) is 1. The highest BCUT2D eigenvalue weighted by Crippen LogP contribution is 2.27. The van der Waals surface area contributed by atoms with E-state index >= 15 is 0 Å². The first-order valence-electron chi connectivity index (χ1n) is 12.2. The fourth-order valence-corrected chi connectivity index (χ4v) is 4.53. The highest BCUT2D eigenvalue weighted by molar-refractivity contribution is 5.99. The molecule has 0 aliphatic carbocycles. The first kappa shape index (κ1) is 25.2. The van der Waals surface area contributed by atoms with Crippen LogP contribution < -0.4 is 20.5 Å². The maximum Gasteiger partial charge on any atom is 0.278 e. The molecule has 2 aromatic carbocycles. The van der Waals surface area contributed by atoms with Crippen molar-refractivity contribution in [2.45, 2.75) is 39.1 Å². The zero-order chi connectivity index (χ0) is 27.0. The molecule has 5 rings (SSSR count). The summed E-state index contributed by atoms with van der Waals surface area (Å²) in [5.74, 6) is -2.97. The van der Waals surface area contributed by atoms with Crippen molar-refractivity contribution in [1.82, 2.24) is 14.9 Å². The van der Waals surface area contributed by atoms with Gasteiger partial charge in [0.15, 0.2) is 11.4 Å². The molecule has 2 bridgehead atoms. The molecular weight excluding hydrogens is 494 g/mol. The number of carbonyl (C=O) groups excluding carboxylic acids is 2. The van der Waals surface area contributed by atoms with Crippen LogP contribution in [0, 0.1) is 11.6 Å². The van der Waals surface area contributed by atoms with E-state index in [1.807, 2.05) is 61.3 Å². The second-order valence-corrected chi connectivity index (χ2v) is 9.31. The molecule has 10 heteroatoms. The standard InChI is InChI=1S/C28H26F2N4O4/c1-17-8-9-18(2)34-16-32(17)28(37)24-26(38-15-19-6-4-3-5-7-19)25(35)22(14-33(24)34)27(36)31-13-20-10-11-21(29)12-23(20)30/h3-12,14,17-18H,13,15-16H2,1-2H3,(H,31,36)/t17-,18+/m1/s1. The third-order valence-corrected chi connectivity index (χ3v) is 6.74. The molecule has 2 amide bonds. The third kappa shape index (κ3) is 4.65. The Morgan fingerprint density at radius 1 is 1.05 bits per heavy atom. The number of nitrogens with zero attached hydrogens (tertiary/aromatic N) is 3. The maximum absolute atomic E-state index is 14.1. The monoisotopic (exact) mass is 520 g/mol. The van der Waals surface area contributed by atoms with E-state index in [-0.39, 0.29) is 54.5 Å². The molecule has 196 valence electrons.